The molecule has 1 aromatic carbocycles. The Balaban J connectivity index is 1.50. The number of likely N-dealkylation sites (tertiary alicyclic amines) is 1. The topological polar surface area (TPSA) is 41.6 Å². The maximum Gasteiger partial charge on any atom is 0.410 e. The Hall–Kier alpha value is -1.55. The lowest BCUT2D eigenvalue weighted by molar-refractivity contribution is 0.0768. The standard InChI is InChI=1S/C15H20N2O2/c18-15(19-11-12-4-2-1-3-5-12)17-9-7-14-13(10-17)6-8-16-14/h1-5,13-14,16H,6-11H2. The number of ether oxygens (including phenoxy) is 1. The molecule has 4 heteroatoms. The van der Waals surface area contributed by atoms with Gasteiger partial charge in [0.05, 0.1) is 0 Å². The minimum absolute atomic E-state index is 0.172. The highest BCUT2D eigenvalue weighted by Gasteiger charge is 2.34. The third-order valence-electron chi connectivity index (χ3n) is 4.12. The van der Waals surface area contributed by atoms with Crippen LogP contribution in [0.3, 0.4) is 0 Å². The minimum atomic E-state index is -0.172. The molecule has 1 amide bonds. The van der Waals surface area contributed by atoms with Crippen molar-refractivity contribution in [3.8, 4) is 0 Å². The van der Waals surface area contributed by atoms with E-state index in [1.54, 1.807) is 0 Å². The van der Waals surface area contributed by atoms with Crippen LogP contribution in [0.2, 0.25) is 0 Å². The van der Waals surface area contributed by atoms with Gasteiger partial charge in [0.25, 0.3) is 0 Å². The molecule has 102 valence electrons. The first-order chi connectivity index (χ1) is 9.33. The molecule has 2 aliphatic heterocycles. The van der Waals surface area contributed by atoms with Gasteiger partial charge >= 0.3 is 6.09 Å². The second-order valence-corrected chi connectivity index (χ2v) is 5.38. The van der Waals surface area contributed by atoms with E-state index in [9.17, 15) is 4.79 Å². The highest BCUT2D eigenvalue weighted by Crippen LogP contribution is 2.24. The number of nitrogens with one attached hydrogen (secondary N) is 1. The second kappa shape index (κ2) is 5.61. The lowest BCUT2D eigenvalue weighted by Crippen LogP contribution is -2.47. The Morgan fingerprint density at radius 2 is 2.16 bits per heavy atom. The van der Waals surface area contributed by atoms with Crippen LogP contribution in [0.1, 0.15) is 18.4 Å². The van der Waals surface area contributed by atoms with Crippen molar-refractivity contribution < 1.29 is 9.53 Å². The maximum atomic E-state index is 12.0. The van der Waals surface area contributed by atoms with Crippen molar-refractivity contribution in [3.05, 3.63) is 35.9 Å². The van der Waals surface area contributed by atoms with Gasteiger partial charge in [0, 0.05) is 19.1 Å². The van der Waals surface area contributed by atoms with Crippen LogP contribution < -0.4 is 5.32 Å². The van der Waals surface area contributed by atoms with Gasteiger partial charge in [-0.1, -0.05) is 30.3 Å². The summed E-state index contributed by atoms with van der Waals surface area (Å²) in [6.45, 7) is 3.10. The Kier molecular flexibility index (Phi) is 3.69. The zero-order chi connectivity index (χ0) is 13.1. The first kappa shape index (κ1) is 12.5. The van der Waals surface area contributed by atoms with Crippen LogP contribution in [-0.2, 0) is 11.3 Å². The lowest BCUT2D eigenvalue weighted by atomic mass is 9.94. The molecule has 2 saturated heterocycles. The van der Waals surface area contributed by atoms with Gasteiger partial charge < -0.3 is 15.0 Å². The summed E-state index contributed by atoms with van der Waals surface area (Å²) in [6.07, 6.45) is 2.05. The molecular formula is C15H20N2O2. The third kappa shape index (κ3) is 2.89. The predicted octanol–water partition coefficient (Wildman–Crippen LogP) is 2.01. The van der Waals surface area contributed by atoms with Crippen molar-refractivity contribution in [2.24, 2.45) is 5.92 Å². The number of benzene rings is 1. The molecule has 19 heavy (non-hydrogen) atoms. The fraction of sp³-hybridized carbons (Fsp3) is 0.533. The molecule has 0 radical (unpaired) electrons. The highest BCUT2D eigenvalue weighted by atomic mass is 16.6. The Morgan fingerprint density at radius 1 is 1.32 bits per heavy atom. The first-order valence-corrected chi connectivity index (χ1v) is 7.02. The van der Waals surface area contributed by atoms with E-state index in [1.165, 1.54) is 6.42 Å². The molecule has 0 bridgehead atoms. The minimum Gasteiger partial charge on any atom is -0.445 e. The summed E-state index contributed by atoms with van der Waals surface area (Å²) >= 11 is 0. The van der Waals surface area contributed by atoms with Crippen LogP contribution in [-0.4, -0.2) is 36.7 Å². The average Bonchev–Trinajstić information content (AvgIpc) is 2.93. The van der Waals surface area contributed by atoms with Gasteiger partial charge in [-0.2, -0.15) is 0 Å². The summed E-state index contributed by atoms with van der Waals surface area (Å²) in [5.41, 5.74) is 1.04. The predicted molar refractivity (Wildman–Crippen MR) is 72.7 cm³/mol. The number of piperidine rings is 1. The van der Waals surface area contributed by atoms with Gasteiger partial charge in [-0.3, -0.25) is 0 Å². The fourth-order valence-corrected chi connectivity index (χ4v) is 3.02. The third-order valence-corrected chi connectivity index (χ3v) is 4.12. The molecule has 1 aromatic rings. The van der Waals surface area contributed by atoms with Crippen LogP contribution in [0.5, 0.6) is 0 Å². The second-order valence-electron chi connectivity index (χ2n) is 5.38. The van der Waals surface area contributed by atoms with E-state index < -0.39 is 0 Å². The Bertz CT molecular complexity index is 435. The van der Waals surface area contributed by atoms with E-state index in [4.69, 9.17) is 4.74 Å². The van der Waals surface area contributed by atoms with Crippen molar-refractivity contribution in [3.63, 3.8) is 0 Å². The summed E-state index contributed by atoms with van der Waals surface area (Å²) in [7, 11) is 0. The van der Waals surface area contributed by atoms with Gasteiger partial charge in [0.15, 0.2) is 0 Å². The number of carbonyl (C=O) groups excluding carboxylic acids is 1. The van der Waals surface area contributed by atoms with Crippen LogP contribution >= 0.6 is 0 Å². The summed E-state index contributed by atoms with van der Waals surface area (Å²) in [6, 6.07) is 10.4. The number of nitrogens with zero attached hydrogens (tertiary/aromatic N) is 1. The van der Waals surface area contributed by atoms with Gasteiger partial charge in [-0.15, -0.1) is 0 Å². The van der Waals surface area contributed by atoms with E-state index in [2.05, 4.69) is 5.32 Å². The quantitative estimate of drug-likeness (QED) is 0.884. The molecule has 4 nitrogen and oxygen atoms in total. The van der Waals surface area contributed by atoms with Gasteiger partial charge in [0.1, 0.15) is 6.61 Å². The van der Waals surface area contributed by atoms with Gasteiger partial charge in [-0.05, 0) is 30.9 Å². The summed E-state index contributed by atoms with van der Waals surface area (Å²) in [5.74, 6) is 0.609. The van der Waals surface area contributed by atoms with E-state index in [-0.39, 0.29) is 6.09 Å². The van der Waals surface area contributed by atoms with Crippen LogP contribution in [0.15, 0.2) is 30.3 Å². The summed E-state index contributed by atoms with van der Waals surface area (Å²) < 4.78 is 5.38. The molecule has 0 aromatic heterocycles. The molecular weight excluding hydrogens is 240 g/mol. The average molecular weight is 260 g/mol. The number of hydrogen-bond acceptors (Lipinski definition) is 3. The van der Waals surface area contributed by atoms with Crippen molar-refractivity contribution in [1.82, 2.24) is 10.2 Å². The van der Waals surface area contributed by atoms with Crippen molar-refractivity contribution >= 4 is 6.09 Å². The van der Waals surface area contributed by atoms with Crippen molar-refractivity contribution in [1.29, 1.82) is 0 Å². The molecule has 1 N–H and O–H groups in total. The number of rotatable bonds is 2. The highest BCUT2D eigenvalue weighted by molar-refractivity contribution is 5.67. The van der Waals surface area contributed by atoms with Gasteiger partial charge in [-0.25, -0.2) is 4.79 Å². The van der Waals surface area contributed by atoms with E-state index in [0.29, 0.717) is 18.6 Å². The zero-order valence-electron chi connectivity index (χ0n) is 11.0. The molecule has 0 saturated carbocycles. The summed E-state index contributed by atoms with van der Waals surface area (Å²) in [4.78, 5) is 13.9. The molecule has 2 unspecified atom stereocenters. The zero-order valence-corrected chi connectivity index (χ0v) is 11.0. The van der Waals surface area contributed by atoms with E-state index in [1.807, 2.05) is 35.2 Å². The van der Waals surface area contributed by atoms with Crippen LogP contribution in [0.4, 0.5) is 4.79 Å². The molecule has 2 heterocycles. The first-order valence-electron chi connectivity index (χ1n) is 7.02. The van der Waals surface area contributed by atoms with Gasteiger partial charge in [0.2, 0.25) is 0 Å². The number of fused-ring (bicyclic) bond motifs is 1. The van der Waals surface area contributed by atoms with Crippen LogP contribution in [0, 0.1) is 5.92 Å². The Morgan fingerprint density at radius 3 is 3.00 bits per heavy atom. The van der Waals surface area contributed by atoms with Crippen molar-refractivity contribution in [2.75, 3.05) is 19.6 Å². The summed E-state index contributed by atoms with van der Waals surface area (Å²) in [5, 5.41) is 3.50. The molecule has 2 atom stereocenters. The molecule has 0 aliphatic carbocycles. The monoisotopic (exact) mass is 260 g/mol. The maximum absolute atomic E-state index is 12.0. The van der Waals surface area contributed by atoms with E-state index in [0.717, 1.165) is 31.6 Å². The molecule has 2 aliphatic rings. The lowest BCUT2D eigenvalue weighted by Gasteiger charge is -2.34. The molecule has 2 fully saturated rings. The van der Waals surface area contributed by atoms with E-state index >= 15 is 0 Å². The Labute approximate surface area is 113 Å². The largest absolute Gasteiger partial charge is 0.445 e. The molecule has 0 spiro atoms. The number of hydrogen-bond donors (Lipinski definition) is 1. The normalized spacial score (nSPS) is 26.0. The SMILES string of the molecule is O=C(OCc1ccccc1)N1CCC2NCCC2C1. The smallest absolute Gasteiger partial charge is 0.410 e. The molecule has 3 rings (SSSR count). The van der Waals surface area contributed by atoms with Crippen molar-refractivity contribution in [2.45, 2.75) is 25.5 Å². The number of amides is 1. The fourth-order valence-electron chi connectivity index (χ4n) is 3.02. The number of carbonyl (C=O) groups is 1. The van der Waals surface area contributed by atoms with Crippen LogP contribution in [0.25, 0.3) is 0 Å².